The van der Waals surface area contributed by atoms with Crippen LogP contribution in [-0.4, -0.2) is 38.2 Å². The highest BCUT2D eigenvalue weighted by Gasteiger charge is 2.25. The number of H-pyrrole nitrogens is 2. The molecule has 0 saturated carbocycles. The molecule has 0 aliphatic carbocycles. The standard InChI is InChI=1S/C20H25N5/c1-14-4-3-5-17(10-14)18-11-23-24-20(18)16-6-8-25(9-7-16)12-19-15(2)21-13-22-19/h3-5,10-11,13,16H,6-9,12H2,1-2H3,(H,21,22)(H,23,24). The maximum atomic E-state index is 4.43. The zero-order valence-corrected chi connectivity index (χ0v) is 14.9. The number of piperidine rings is 1. The highest BCUT2D eigenvalue weighted by molar-refractivity contribution is 5.66. The summed E-state index contributed by atoms with van der Waals surface area (Å²) >= 11 is 0. The molecule has 1 fully saturated rings. The third kappa shape index (κ3) is 3.37. The Morgan fingerprint density at radius 2 is 2.04 bits per heavy atom. The van der Waals surface area contributed by atoms with E-state index in [1.165, 1.54) is 33.8 Å². The predicted molar refractivity (Wildman–Crippen MR) is 99.3 cm³/mol. The molecule has 3 heterocycles. The summed E-state index contributed by atoms with van der Waals surface area (Å²) in [5.74, 6) is 0.551. The van der Waals surface area contributed by atoms with Crippen molar-refractivity contribution in [3.63, 3.8) is 0 Å². The molecule has 0 spiro atoms. The predicted octanol–water partition coefficient (Wildman–Crippen LogP) is 3.80. The van der Waals surface area contributed by atoms with Crippen molar-refractivity contribution >= 4 is 0 Å². The fraction of sp³-hybridized carbons (Fsp3) is 0.400. The molecule has 1 aromatic carbocycles. The normalized spacial score (nSPS) is 16.4. The molecule has 5 nitrogen and oxygen atoms in total. The Labute approximate surface area is 148 Å². The molecule has 0 atom stereocenters. The fourth-order valence-electron chi connectivity index (χ4n) is 3.79. The number of hydrogen-bond acceptors (Lipinski definition) is 3. The third-order valence-corrected chi connectivity index (χ3v) is 5.30. The van der Waals surface area contributed by atoms with E-state index in [-0.39, 0.29) is 0 Å². The lowest BCUT2D eigenvalue weighted by Crippen LogP contribution is -2.33. The Morgan fingerprint density at radius 3 is 2.76 bits per heavy atom. The number of benzene rings is 1. The van der Waals surface area contributed by atoms with E-state index >= 15 is 0 Å². The number of aromatic nitrogens is 4. The molecule has 2 N–H and O–H groups in total. The molecule has 0 unspecified atom stereocenters. The largest absolute Gasteiger partial charge is 0.348 e. The van der Waals surface area contributed by atoms with Gasteiger partial charge in [-0.15, -0.1) is 0 Å². The number of aryl methyl sites for hydroxylation is 2. The van der Waals surface area contributed by atoms with E-state index in [1.54, 1.807) is 6.33 Å². The van der Waals surface area contributed by atoms with Gasteiger partial charge in [-0.3, -0.25) is 10.00 Å². The summed E-state index contributed by atoms with van der Waals surface area (Å²) in [6, 6.07) is 8.68. The van der Waals surface area contributed by atoms with Gasteiger partial charge in [0, 0.05) is 29.4 Å². The summed E-state index contributed by atoms with van der Waals surface area (Å²) in [6.45, 7) is 7.37. The maximum absolute atomic E-state index is 4.43. The SMILES string of the molecule is Cc1cccc(-c2cn[nH]c2C2CCN(Cc3nc[nH]c3C)CC2)c1. The van der Waals surface area contributed by atoms with Crippen LogP contribution in [0.5, 0.6) is 0 Å². The van der Waals surface area contributed by atoms with E-state index in [1.807, 2.05) is 6.20 Å². The maximum Gasteiger partial charge on any atom is 0.0925 e. The highest BCUT2D eigenvalue weighted by Crippen LogP contribution is 2.34. The molecule has 1 saturated heterocycles. The Morgan fingerprint density at radius 1 is 1.20 bits per heavy atom. The lowest BCUT2D eigenvalue weighted by molar-refractivity contribution is 0.201. The number of hydrogen-bond donors (Lipinski definition) is 2. The van der Waals surface area contributed by atoms with Gasteiger partial charge in [-0.2, -0.15) is 5.10 Å². The minimum absolute atomic E-state index is 0.551. The van der Waals surface area contributed by atoms with Gasteiger partial charge in [0.05, 0.1) is 18.2 Å². The highest BCUT2D eigenvalue weighted by atomic mass is 15.2. The number of likely N-dealkylation sites (tertiary alicyclic amines) is 1. The van der Waals surface area contributed by atoms with Crippen LogP contribution in [0.4, 0.5) is 0 Å². The number of imidazole rings is 1. The summed E-state index contributed by atoms with van der Waals surface area (Å²) in [4.78, 5) is 10.1. The van der Waals surface area contributed by atoms with Crippen LogP contribution >= 0.6 is 0 Å². The average molecular weight is 335 g/mol. The van der Waals surface area contributed by atoms with Crippen molar-refractivity contribution in [2.45, 2.75) is 39.2 Å². The smallest absolute Gasteiger partial charge is 0.0925 e. The lowest BCUT2D eigenvalue weighted by atomic mass is 9.89. The van der Waals surface area contributed by atoms with Gasteiger partial charge in [-0.05, 0) is 45.3 Å². The molecule has 3 aromatic rings. The monoisotopic (exact) mass is 335 g/mol. The number of nitrogens with zero attached hydrogens (tertiary/aromatic N) is 3. The fourth-order valence-corrected chi connectivity index (χ4v) is 3.79. The van der Waals surface area contributed by atoms with Gasteiger partial charge in [0.25, 0.3) is 0 Å². The number of rotatable bonds is 4. The van der Waals surface area contributed by atoms with Crippen molar-refractivity contribution in [2.75, 3.05) is 13.1 Å². The minimum Gasteiger partial charge on any atom is -0.348 e. The summed E-state index contributed by atoms with van der Waals surface area (Å²) in [6.07, 6.45) is 6.08. The molecule has 130 valence electrons. The second kappa shape index (κ2) is 6.84. The van der Waals surface area contributed by atoms with Gasteiger partial charge in [0.15, 0.2) is 0 Å². The van der Waals surface area contributed by atoms with E-state index in [9.17, 15) is 0 Å². The van der Waals surface area contributed by atoms with Crippen LogP contribution in [0.15, 0.2) is 36.8 Å². The van der Waals surface area contributed by atoms with Gasteiger partial charge >= 0.3 is 0 Å². The van der Waals surface area contributed by atoms with E-state index in [2.05, 4.69) is 63.2 Å². The Hall–Kier alpha value is -2.40. The Balaban J connectivity index is 1.45. The summed E-state index contributed by atoms with van der Waals surface area (Å²) in [5, 5.41) is 7.62. The molecule has 5 heteroatoms. The lowest BCUT2D eigenvalue weighted by Gasteiger charge is -2.31. The van der Waals surface area contributed by atoms with Crippen molar-refractivity contribution in [1.82, 2.24) is 25.1 Å². The first-order valence-corrected chi connectivity index (χ1v) is 9.02. The summed E-state index contributed by atoms with van der Waals surface area (Å²) < 4.78 is 0. The zero-order valence-electron chi connectivity index (χ0n) is 14.9. The molecule has 0 bridgehead atoms. The van der Waals surface area contributed by atoms with Crippen LogP contribution in [0.3, 0.4) is 0 Å². The van der Waals surface area contributed by atoms with Crippen LogP contribution in [0, 0.1) is 13.8 Å². The summed E-state index contributed by atoms with van der Waals surface area (Å²) in [7, 11) is 0. The van der Waals surface area contributed by atoms with Gasteiger partial charge in [0.2, 0.25) is 0 Å². The van der Waals surface area contributed by atoms with Crippen LogP contribution < -0.4 is 0 Å². The van der Waals surface area contributed by atoms with Crippen LogP contribution in [0.2, 0.25) is 0 Å². The first kappa shape index (κ1) is 16.1. The van der Waals surface area contributed by atoms with Gasteiger partial charge in [-0.25, -0.2) is 4.98 Å². The molecular weight excluding hydrogens is 310 g/mol. The molecule has 0 radical (unpaired) electrons. The van der Waals surface area contributed by atoms with Crippen molar-refractivity contribution < 1.29 is 0 Å². The number of nitrogens with one attached hydrogen (secondary N) is 2. The van der Waals surface area contributed by atoms with Crippen molar-refractivity contribution in [3.8, 4) is 11.1 Å². The topological polar surface area (TPSA) is 60.6 Å². The molecule has 2 aromatic heterocycles. The van der Waals surface area contributed by atoms with Crippen LogP contribution in [0.1, 0.15) is 41.4 Å². The molecule has 1 aliphatic rings. The zero-order chi connectivity index (χ0) is 17.2. The Kier molecular flexibility index (Phi) is 4.40. The van der Waals surface area contributed by atoms with E-state index < -0.39 is 0 Å². The van der Waals surface area contributed by atoms with E-state index in [0.717, 1.165) is 32.5 Å². The average Bonchev–Trinajstić information content (AvgIpc) is 3.25. The molecule has 25 heavy (non-hydrogen) atoms. The van der Waals surface area contributed by atoms with Gasteiger partial charge in [-0.1, -0.05) is 29.8 Å². The third-order valence-electron chi connectivity index (χ3n) is 5.30. The van der Waals surface area contributed by atoms with E-state index in [4.69, 9.17) is 0 Å². The van der Waals surface area contributed by atoms with Gasteiger partial charge < -0.3 is 4.98 Å². The first-order valence-electron chi connectivity index (χ1n) is 9.02. The van der Waals surface area contributed by atoms with Crippen molar-refractivity contribution in [1.29, 1.82) is 0 Å². The van der Waals surface area contributed by atoms with Crippen LogP contribution in [0.25, 0.3) is 11.1 Å². The van der Waals surface area contributed by atoms with Crippen molar-refractivity contribution in [2.24, 2.45) is 0 Å². The van der Waals surface area contributed by atoms with E-state index in [0.29, 0.717) is 5.92 Å². The van der Waals surface area contributed by atoms with Gasteiger partial charge in [0.1, 0.15) is 0 Å². The molecule has 1 aliphatic heterocycles. The minimum atomic E-state index is 0.551. The Bertz CT molecular complexity index is 839. The molecule has 4 rings (SSSR count). The molecular formula is C20H25N5. The first-order chi connectivity index (χ1) is 12.2. The second-order valence-corrected chi connectivity index (χ2v) is 7.09. The number of aromatic amines is 2. The summed E-state index contributed by atoms with van der Waals surface area (Å²) in [5.41, 5.74) is 7.44. The second-order valence-electron chi connectivity index (χ2n) is 7.09. The van der Waals surface area contributed by atoms with Crippen molar-refractivity contribution in [3.05, 3.63) is 59.4 Å². The van der Waals surface area contributed by atoms with Crippen LogP contribution in [-0.2, 0) is 6.54 Å². The quantitative estimate of drug-likeness (QED) is 0.762. The molecule has 0 amide bonds.